The Bertz CT molecular complexity index is 1370. The number of carbonyl (C=O) groups is 1. The number of amidine groups is 1. The fraction of sp³-hybridized carbons (Fsp3) is 0.588. The molecule has 9 heteroatoms. The van der Waals surface area contributed by atoms with E-state index in [1.54, 1.807) is 12.1 Å². The van der Waals surface area contributed by atoms with Crippen LogP contribution in [-0.2, 0) is 20.9 Å². The average Bonchev–Trinajstić information content (AvgIpc) is 3.76. The molecule has 0 N–H and O–H groups in total. The lowest BCUT2D eigenvalue weighted by molar-refractivity contribution is -0.156. The number of ether oxygens (including phenoxy) is 1. The second-order valence-electron chi connectivity index (χ2n) is 13.3. The Kier molecular flexibility index (Phi) is 7.83. The van der Waals surface area contributed by atoms with Crippen LogP contribution in [0.2, 0.25) is 0 Å². The molecule has 4 aliphatic heterocycles. The first-order valence-electron chi connectivity index (χ1n) is 16.0. The number of hydrogen-bond donors (Lipinski definition) is 0. The third-order valence-electron chi connectivity index (χ3n) is 10.0. The number of oxime groups is 1. The van der Waals surface area contributed by atoms with E-state index in [1.165, 1.54) is 35.2 Å². The molecule has 1 spiro atoms. The van der Waals surface area contributed by atoms with Gasteiger partial charge in [-0.15, -0.1) is 0 Å². The van der Waals surface area contributed by atoms with Crippen LogP contribution in [0.25, 0.3) is 11.1 Å². The Labute approximate surface area is 258 Å². The van der Waals surface area contributed by atoms with Gasteiger partial charge in [0.2, 0.25) is 0 Å². The molecule has 3 saturated heterocycles. The zero-order chi connectivity index (χ0) is 29.6. The Morgan fingerprint density at radius 2 is 1.79 bits per heavy atom. The lowest BCUT2D eigenvalue weighted by Crippen LogP contribution is -2.61. The first-order chi connectivity index (χ1) is 20.8. The Hall–Kier alpha value is -2.78. The minimum atomic E-state index is -0.409. The van der Waals surface area contributed by atoms with Crippen LogP contribution in [0.4, 0.5) is 10.1 Å². The number of piperidine rings is 1. The highest BCUT2D eigenvalue weighted by molar-refractivity contribution is 7.99. The van der Waals surface area contributed by atoms with Gasteiger partial charge in [-0.25, -0.2) is 4.39 Å². The number of esters is 1. The van der Waals surface area contributed by atoms with Crippen molar-refractivity contribution in [1.82, 2.24) is 9.80 Å². The number of hydrogen-bond acceptors (Lipinski definition) is 8. The Morgan fingerprint density at radius 1 is 1.07 bits per heavy atom. The van der Waals surface area contributed by atoms with E-state index in [9.17, 15) is 9.18 Å². The number of halogens is 1. The normalized spacial score (nSPS) is 23.1. The maximum absolute atomic E-state index is 13.8. The van der Waals surface area contributed by atoms with Gasteiger partial charge in [-0.3, -0.25) is 9.69 Å². The fourth-order valence-corrected chi connectivity index (χ4v) is 8.12. The summed E-state index contributed by atoms with van der Waals surface area (Å²) in [6, 6.07) is 11.9. The number of benzene rings is 2. The predicted molar refractivity (Wildman–Crippen MR) is 170 cm³/mol. The minimum Gasteiger partial charge on any atom is -0.466 e. The number of thioether (sulfide) groups is 1. The molecule has 0 atom stereocenters. The molecule has 2 aromatic carbocycles. The van der Waals surface area contributed by atoms with Crippen LogP contribution in [0.3, 0.4) is 0 Å². The van der Waals surface area contributed by atoms with E-state index in [0.717, 1.165) is 88.0 Å². The third-order valence-corrected chi connectivity index (χ3v) is 11.0. The van der Waals surface area contributed by atoms with Crippen molar-refractivity contribution in [2.24, 2.45) is 10.6 Å². The second-order valence-corrected chi connectivity index (χ2v) is 14.5. The van der Waals surface area contributed by atoms with Crippen LogP contribution in [0.15, 0.2) is 41.6 Å². The summed E-state index contributed by atoms with van der Waals surface area (Å²) in [5, 5.41) is 4.56. The third kappa shape index (κ3) is 5.87. The molecule has 7 nitrogen and oxygen atoms in total. The molecule has 230 valence electrons. The van der Waals surface area contributed by atoms with Crippen LogP contribution in [0, 0.1) is 11.2 Å². The Morgan fingerprint density at radius 3 is 2.47 bits per heavy atom. The van der Waals surface area contributed by atoms with Crippen molar-refractivity contribution in [3.05, 3.63) is 53.3 Å². The number of nitrogens with zero attached hydrogens (tertiary/aromatic N) is 4. The zero-order valence-electron chi connectivity index (χ0n) is 25.4. The van der Waals surface area contributed by atoms with Crippen molar-refractivity contribution in [2.45, 2.75) is 64.0 Å². The SMILES string of the molecule is CCOC(=O)C1(C)CCN(C2=NOC3(C2)CN(Cc2cc(C4CC4)c(-c4ccc(F)cc4)cc2N2CCSCC2)C3)CC1. The minimum absolute atomic E-state index is 0.0800. The smallest absolute Gasteiger partial charge is 0.311 e. The van der Waals surface area contributed by atoms with E-state index in [-0.39, 0.29) is 17.4 Å². The summed E-state index contributed by atoms with van der Waals surface area (Å²) >= 11 is 2.03. The summed E-state index contributed by atoms with van der Waals surface area (Å²) in [5.41, 5.74) is 5.84. The fourth-order valence-electron chi connectivity index (χ4n) is 7.22. The Balaban J connectivity index is 1.04. The summed E-state index contributed by atoms with van der Waals surface area (Å²) in [6.07, 6.45) is 4.83. The first-order valence-corrected chi connectivity index (χ1v) is 17.2. The van der Waals surface area contributed by atoms with Crippen molar-refractivity contribution in [2.75, 3.05) is 62.3 Å². The van der Waals surface area contributed by atoms with Crippen LogP contribution in [0.5, 0.6) is 0 Å². The zero-order valence-corrected chi connectivity index (χ0v) is 26.3. The highest BCUT2D eigenvalue weighted by Crippen LogP contribution is 2.47. The van der Waals surface area contributed by atoms with Gasteiger partial charge in [-0.1, -0.05) is 23.4 Å². The number of anilines is 1. The molecule has 0 bridgehead atoms. The summed E-state index contributed by atoms with van der Waals surface area (Å²) < 4.78 is 19.1. The predicted octanol–water partition coefficient (Wildman–Crippen LogP) is 5.88. The van der Waals surface area contributed by atoms with Crippen molar-refractivity contribution >= 4 is 29.3 Å². The van der Waals surface area contributed by atoms with Crippen molar-refractivity contribution < 1.29 is 18.8 Å². The van der Waals surface area contributed by atoms with Gasteiger partial charge in [0.25, 0.3) is 0 Å². The summed E-state index contributed by atoms with van der Waals surface area (Å²) in [5.74, 6) is 3.64. The van der Waals surface area contributed by atoms with Gasteiger partial charge in [-0.2, -0.15) is 11.8 Å². The molecule has 4 fully saturated rings. The number of likely N-dealkylation sites (tertiary alicyclic amines) is 2. The standard InChI is InChI=1S/C34H43FN4O3S/c1-3-41-32(40)33(2)10-12-39(13-11-33)31-20-34(42-36-31)22-37(23-34)21-26-18-28(24-4-5-24)29(25-6-8-27(35)9-7-25)19-30(26)38-14-16-43-17-15-38/h6-9,18-19,24H,3-5,10-17,20-23H2,1-2H3. The molecule has 0 aromatic heterocycles. The molecule has 1 saturated carbocycles. The van der Waals surface area contributed by atoms with E-state index in [4.69, 9.17) is 9.57 Å². The molecule has 0 unspecified atom stereocenters. The van der Waals surface area contributed by atoms with E-state index in [0.29, 0.717) is 12.5 Å². The monoisotopic (exact) mass is 606 g/mol. The highest BCUT2D eigenvalue weighted by atomic mass is 32.2. The van der Waals surface area contributed by atoms with Crippen LogP contribution in [0.1, 0.15) is 63.0 Å². The molecule has 1 aliphatic carbocycles. The lowest BCUT2D eigenvalue weighted by atomic mass is 9.80. The lowest BCUT2D eigenvalue weighted by Gasteiger charge is -2.46. The number of rotatable bonds is 7. The van der Waals surface area contributed by atoms with Crippen molar-refractivity contribution in [3.8, 4) is 11.1 Å². The largest absolute Gasteiger partial charge is 0.466 e. The van der Waals surface area contributed by atoms with Gasteiger partial charge in [-0.05, 0) is 85.9 Å². The maximum Gasteiger partial charge on any atom is 0.311 e. The second kappa shape index (κ2) is 11.6. The van der Waals surface area contributed by atoms with Crippen LogP contribution in [-0.4, -0.2) is 84.6 Å². The summed E-state index contributed by atoms with van der Waals surface area (Å²) in [6.45, 7) is 10.7. The van der Waals surface area contributed by atoms with Crippen LogP contribution >= 0.6 is 11.8 Å². The molecule has 0 radical (unpaired) electrons. The van der Waals surface area contributed by atoms with Gasteiger partial charge < -0.3 is 19.4 Å². The molecular formula is C34H43FN4O3S. The van der Waals surface area contributed by atoms with Crippen LogP contribution < -0.4 is 4.90 Å². The summed E-state index contributed by atoms with van der Waals surface area (Å²) in [4.78, 5) is 25.9. The maximum atomic E-state index is 13.8. The molecule has 7 rings (SSSR count). The summed E-state index contributed by atoms with van der Waals surface area (Å²) in [7, 11) is 0. The van der Waals surface area contributed by atoms with Gasteiger partial charge >= 0.3 is 5.97 Å². The quantitative estimate of drug-likeness (QED) is 0.365. The molecule has 2 aromatic rings. The first kappa shape index (κ1) is 29.0. The van der Waals surface area contributed by atoms with Gasteiger partial charge in [0.1, 0.15) is 11.7 Å². The van der Waals surface area contributed by atoms with E-state index in [1.807, 2.05) is 37.7 Å². The van der Waals surface area contributed by atoms with E-state index >= 15 is 0 Å². The van der Waals surface area contributed by atoms with Crippen molar-refractivity contribution in [1.29, 1.82) is 0 Å². The van der Waals surface area contributed by atoms with Gasteiger partial charge in [0, 0.05) is 63.0 Å². The molecule has 4 heterocycles. The van der Waals surface area contributed by atoms with Gasteiger partial charge in [0.05, 0.1) is 18.4 Å². The van der Waals surface area contributed by atoms with E-state index < -0.39 is 5.41 Å². The topological polar surface area (TPSA) is 57.6 Å². The molecule has 43 heavy (non-hydrogen) atoms. The van der Waals surface area contributed by atoms with Crippen molar-refractivity contribution in [3.63, 3.8) is 0 Å². The molecule has 0 amide bonds. The average molecular weight is 607 g/mol. The van der Waals surface area contributed by atoms with Gasteiger partial charge in [0.15, 0.2) is 5.60 Å². The van der Waals surface area contributed by atoms with E-state index in [2.05, 4.69) is 32.0 Å². The number of carbonyl (C=O) groups excluding carboxylic acids is 1. The molecular weight excluding hydrogens is 563 g/mol. The molecule has 5 aliphatic rings. The highest BCUT2D eigenvalue weighted by Gasteiger charge is 2.51.